The van der Waals surface area contributed by atoms with E-state index in [1.54, 1.807) is 18.2 Å². The minimum atomic E-state index is -0.0353. The number of nitriles is 1. The Bertz CT molecular complexity index is 793. The quantitative estimate of drug-likeness (QED) is 0.890. The summed E-state index contributed by atoms with van der Waals surface area (Å²) in [6.07, 6.45) is 4.27. The number of aromatic nitrogens is 1. The molecule has 0 aliphatic carbocycles. The molecule has 1 aromatic carbocycles. The molecule has 1 amide bonds. The topological polar surface area (TPSA) is 62.3 Å². The molecule has 2 N–H and O–H groups in total. The summed E-state index contributed by atoms with van der Waals surface area (Å²) in [5.74, 6) is -0.0353. The van der Waals surface area contributed by atoms with Crippen molar-refractivity contribution in [2.75, 3.05) is 18.4 Å². The summed E-state index contributed by atoms with van der Waals surface area (Å²) in [5, 5.41) is 12.1. The van der Waals surface area contributed by atoms with E-state index in [2.05, 4.69) is 16.0 Å². The van der Waals surface area contributed by atoms with Crippen molar-refractivity contribution in [2.45, 2.75) is 18.9 Å². The maximum atomic E-state index is 12.4. The Hall–Kier alpha value is -2.29. The number of carbonyl (C=O) groups is 1. The summed E-state index contributed by atoms with van der Waals surface area (Å²) in [5.41, 5.74) is 2.30. The highest BCUT2D eigenvalue weighted by atomic mass is 35.5. The van der Waals surface area contributed by atoms with Gasteiger partial charge in [-0.3, -0.25) is 4.79 Å². The number of hydrogen-bond donors (Lipinski definition) is 2. The third kappa shape index (κ3) is 3.45. The van der Waals surface area contributed by atoms with E-state index < -0.39 is 0 Å². The van der Waals surface area contributed by atoms with Crippen LogP contribution in [0.25, 0.3) is 0 Å². The summed E-state index contributed by atoms with van der Waals surface area (Å²) >= 11 is 6.01. The Kier molecular flexibility index (Phi) is 4.89. The molecule has 1 aromatic heterocycles. The number of amides is 1. The van der Waals surface area contributed by atoms with E-state index in [9.17, 15) is 4.79 Å². The lowest BCUT2D eigenvalue weighted by Crippen LogP contribution is -3.11. The van der Waals surface area contributed by atoms with Gasteiger partial charge in [-0.1, -0.05) is 11.6 Å². The molecule has 2 heterocycles. The average molecular weight is 344 g/mol. The van der Waals surface area contributed by atoms with Gasteiger partial charge in [0.25, 0.3) is 5.91 Å². The number of nitrogens with zero attached hydrogens (tertiary/aromatic N) is 2. The number of rotatable bonds is 4. The van der Waals surface area contributed by atoms with Crippen LogP contribution in [0.5, 0.6) is 0 Å². The maximum absolute atomic E-state index is 12.4. The molecule has 1 aliphatic heterocycles. The third-order valence-corrected chi connectivity index (χ3v) is 4.90. The molecule has 6 heteroatoms. The Morgan fingerprint density at radius 3 is 3.00 bits per heavy atom. The SMILES string of the molecule is Cn1cccc1[C@H]1CCC[NH+]1CC(=O)Nc1ccc(C#N)c(Cl)c1. The number of carbonyl (C=O) groups excluding carboxylic acids is 1. The molecule has 1 fully saturated rings. The number of quaternary nitrogens is 1. The molecule has 3 rings (SSSR count). The summed E-state index contributed by atoms with van der Waals surface area (Å²) in [6, 6.07) is 11.5. The van der Waals surface area contributed by atoms with Crippen molar-refractivity contribution in [3.63, 3.8) is 0 Å². The van der Waals surface area contributed by atoms with Crippen LogP contribution in [-0.4, -0.2) is 23.6 Å². The normalized spacial score (nSPS) is 19.9. The Morgan fingerprint density at radius 1 is 1.50 bits per heavy atom. The number of benzene rings is 1. The predicted molar refractivity (Wildman–Crippen MR) is 92.9 cm³/mol. The monoisotopic (exact) mass is 343 g/mol. The molecule has 1 saturated heterocycles. The van der Waals surface area contributed by atoms with Gasteiger partial charge in [-0.05, 0) is 30.3 Å². The lowest BCUT2D eigenvalue weighted by Gasteiger charge is -2.21. The zero-order chi connectivity index (χ0) is 17.1. The molecule has 0 bridgehead atoms. The number of halogens is 1. The Morgan fingerprint density at radius 2 is 2.33 bits per heavy atom. The van der Waals surface area contributed by atoms with Gasteiger partial charge in [0.05, 0.1) is 22.8 Å². The van der Waals surface area contributed by atoms with Crippen LogP contribution in [0.2, 0.25) is 5.02 Å². The van der Waals surface area contributed by atoms with Gasteiger partial charge >= 0.3 is 0 Å². The Labute approximate surface area is 146 Å². The molecule has 1 aliphatic rings. The average Bonchev–Trinajstić information content (AvgIpc) is 3.16. The highest BCUT2D eigenvalue weighted by Crippen LogP contribution is 2.21. The van der Waals surface area contributed by atoms with E-state index in [-0.39, 0.29) is 5.91 Å². The number of nitrogens with one attached hydrogen (secondary N) is 2. The molecule has 0 radical (unpaired) electrons. The predicted octanol–water partition coefficient (Wildman–Crippen LogP) is 1.91. The van der Waals surface area contributed by atoms with E-state index in [0.29, 0.717) is 28.9 Å². The van der Waals surface area contributed by atoms with E-state index in [1.165, 1.54) is 10.6 Å². The number of aryl methyl sites for hydroxylation is 1. The standard InChI is InChI=1S/C18H19ClN4O/c1-22-8-2-4-16(22)17-5-3-9-23(17)12-18(24)21-14-7-6-13(11-20)15(19)10-14/h2,4,6-8,10,17H,3,5,9,12H2,1H3,(H,21,24)/p+1/t17-/m1/s1. The van der Waals surface area contributed by atoms with Crippen molar-refractivity contribution < 1.29 is 9.69 Å². The van der Waals surface area contributed by atoms with E-state index in [1.807, 2.05) is 25.4 Å². The van der Waals surface area contributed by atoms with Gasteiger partial charge in [-0.2, -0.15) is 5.26 Å². The first-order chi connectivity index (χ1) is 11.6. The first-order valence-electron chi connectivity index (χ1n) is 8.04. The van der Waals surface area contributed by atoms with Crippen molar-refractivity contribution in [1.29, 1.82) is 5.26 Å². The smallest absolute Gasteiger partial charge is 0.279 e. The first-order valence-corrected chi connectivity index (χ1v) is 8.41. The van der Waals surface area contributed by atoms with Gasteiger partial charge in [0.2, 0.25) is 0 Å². The lowest BCUT2D eigenvalue weighted by molar-refractivity contribution is -0.910. The van der Waals surface area contributed by atoms with E-state index in [0.717, 1.165) is 19.4 Å². The second kappa shape index (κ2) is 7.08. The molecule has 2 atom stereocenters. The van der Waals surface area contributed by atoms with Crippen molar-refractivity contribution in [2.24, 2.45) is 7.05 Å². The molecule has 124 valence electrons. The van der Waals surface area contributed by atoms with Gasteiger partial charge in [-0.15, -0.1) is 0 Å². The minimum Gasteiger partial charge on any atom is -0.350 e. The second-order valence-electron chi connectivity index (χ2n) is 6.18. The summed E-state index contributed by atoms with van der Waals surface area (Å²) < 4.78 is 2.13. The van der Waals surface area contributed by atoms with E-state index >= 15 is 0 Å². The zero-order valence-electron chi connectivity index (χ0n) is 13.6. The molecule has 5 nitrogen and oxygen atoms in total. The van der Waals surface area contributed by atoms with Crippen molar-refractivity contribution >= 4 is 23.2 Å². The van der Waals surface area contributed by atoms with Crippen molar-refractivity contribution in [3.8, 4) is 6.07 Å². The van der Waals surface area contributed by atoms with Crippen LogP contribution in [0.15, 0.2) is 36.5 Å². The highest BCUT2D eigenvalue weighted by molar-refractivity contribution is 6.32. The van der Waals surface area contributed by atoms with Crippen molar-refractivity contribution in [3.05, 3.63) is 52.8 Å². The lowest BCUT2D eigenvalue weighted by atomic mass is 10.1. The molecular weight excluding hydrogens is 324 g/mol. The minimum absolute atomic E-state index is 0.0353. The molecule has 24 heavy (non-hydrogen) atoms. The van der Waals surface area contributed by atoms with Gasteiger partial charge in [0.15, 0.2) is 6.54 Å². The molecule has 0 spiro atoms. The third-order valence-electron chi connectivity index (χ3n) is 4.59. The largest absolute Gasteiger partial charge is 0.350 e. The van der Waals surface area contributed by atoms with Gasteiger partial charge in [-0.25, -0.2) is 0 Å². The van der Waals surface area contributed by atoms with Crippen LogP contribution in [0.4, 0.5) is 5.69 Å². The molecule has 1 unspecified atom stereocenters. The molecule has 2 aromatic rings. The summed E-state index contributed by atoms with van der Waals surface area (Å²) in [7, 11) is 2.05. The Balaban J connectivity index is 1.65. The van der Waals surface area contributed by atoms with Crippen LogP contribution in [0.1, 0.15) is 30.1 Å². The molecular formula is C18H20ClN4O+. The van der Waals surface area contributed by atoms with Crippen LogP contribution in [-0.2, 0) is 11.8 Å². The maximum Gasteiger partial charge on any atom is 0.279 e. The van der Waals surface area contributed by atoms with Crippen LogP contribution < -0.4 is 10.2 Å². The summed E-state index contributed by atoms with van der Waals surface area (Å²) in [6.45, 7) is 1.42. The van der Waals surface area contributed by atoms with Crippen LogP contribution in [0.3, 0.4) is 0 Å². The number of anilines is 1. The molecule has 0 saturated carbocycles. The van der Waals surface area contributed by atoms with Crippen LogP contribution >= 0.6 is 11.6 Å². The fourth-order valence-corrected chi connectivity index (χ4v) is 3.63. The summed E-state index contributed by atoms with van der Waals surface area (Å²) in [4.78, 5) is 13.7. The number of hydrogen-bond acceptors (Lipinski definition) is 2. The van der Waals surface area contributed by atoms with Gasteiger partial charge in [0.1, 0.15) is 12.1 Å². The van der Waals surface area contributed by atoms with Crippen LogP contribution in [0, 0.1) is 11.3 Å². The van der Waals surface area contributed by atoms with Gasteiger partial charge < -0.3 is 14.8 Å². The second-order valence-corrected chi connectivity index (χ2v) is 6.59. The highest BCUT2D eigenvalue weighted by Gasteiger charge is 2.32. The zero-order valence-corrected chi connectivity index (χ0v) is 14.3. The fraction of sp³-hybridized carbons (Fsp3) is 0.333. The fourth-order valence-electron chi connectivity index (χ4n) is 3.41. The van der Waals surface area contributed by atoms with Gasteiger partial charge in [0, 0.05) is 31.8 Å². The number of likely N-dealkylation sites (tertiary alicyclic amines) is 1. The first kappa shape index (κ1) is 16.6. The van der Waals surface area contributed by atoms with E-state index in [4.69, 9.17) is 16.9 Å². The van der Waals surface area contributed by atoms with Crippen molar-refractivity contribution in [1.82, 2.24) is 4.57 Å².